The van der Waals surface area contributed by atoms with Crippen LogP contribution in [0, 0.1) is 5.92 Å². The van der Waals surface area contributed by atoms with Crippen molar-refractivity contribution in [3.63, 3.8) is 0 Å². The van der Waals surface area contributed by atoms with Gasteiger partial charge in [-0.05, 0) is 26.3 Å². The lowest BCUT2D eigenvalue weighted by Crippen LogP contribution is -2.55. The molecule has 0 aromatic rings. The molecule has 1 saturated carbocycles. The smallest absolute Gasteiger partial charge is 0.225 e. The molecule has 0 radical (unpaired) electrons. The van der Waals surface area contributed by atoms with Gasteiger partial charge in [-0.3, -0.25) is 4.79 Å². The Hall–Kier alpha value is -0.570. The van der Waals surface area contributed by atoms with E-state index in [0.29, 0.717) is 17.9 Å². The lowest BCUT2D eigenvalue weighted by Gasteiger charge is -2.41. The molecule has 68 valence electrons. The number of amides is 1. The molecule has 0 aromatic carbocycles. The van der Waals surface area contributed by atoms with Gasteiger partial charge in [0.15, 0.2) is 0 Å². The SMILES string of the molecule is CNCC1CCN1C(=O)C1CC1. The molecule has 1 unspecified atom stereocenters. The van der Waals surface area contributed by atoms with Crippen LogP contribution < -0.4 is 5.32 Å². The quantitative estimate of drug-likeness (QED) is 0.653. The van der Waals surface area contributed by atoms with Crippen molar-refractivity contribution in [1.82, 2.24) is 10.2 Å². The summed E-state index contributed by atoms with van der Waals surface area (Å²) in [5, 5.41) is 3.12. The fourth-order valence-corrected chi connectivity index (χ4v) is 1.74. The van der Waals surface area contributed by atoms with E-state index in [0.717, 1.165) is 25.9 Å². The molecule has 1 heterocycles. The third kappa shape index (κ3) is 1.33. The predicted octanol–water partition coefficient (Wildman–Crippen LogP) is 0.217. The first-order valence-corrected chi connectivity index (χ1v) is 4.78. The van der Waals surface area contributed by atoms with Crippen LogP contribution in [-0.4, -0.2) is 37.0 Å². The molecule has 1 saturated heterocycles. The van der Waals surface area contributed by atoms with E-state index in [2.05, 4.69) is 5.32 Å². The van der Waals surface area contributed by atoms with Gasteiger partial charge in [0.25, 0.3) is 0 Å². The molecule has 0 aromatic heterocycles. The third-order valence-corrected chi connectivity index (χ3v) is 2.79. The van der Waals surface area contributed by atoms with Crippen LogP contribution in [0.3, 0.4) is 0 Å². The summed E-state index contributed by atoms with van der Waals surface area (Å²) in [6.45, 7) is 1.94. The Morgan fingerprint density at radius 3 is 2.67 bits per heavy atom. The summed E-state index contributed by atoms with van der Waals surface area (Å²) in [7, 11) is 1.94. The van der Waals surface area contributed by atoms with Crippen LogP contribution in [0.5, 0.6) is 0 Å². The number of carbonyl (C=O) groups is 1. The van der Waals surface area contributed by atoms with Crippen molar-refractivity contribution in [2.45, 2.75) is 25.3 Å². The summed E-state index contributed by atoms with van der Waals surface area (Å²) < 4.78 is 0. The average Bonchev–Trinajstić information content (AvgIpc) is 2.79. The Balaban J connectivity index is 1.83. The van der Waals surface area contributed by atoms with Gasteiger partial charge in [-0.15, -0.1) is 0 Å². The van der Waals surface area contributed by atoms with Crippen LogP contribution in [0.2, 0.25) is 0 Å². The number of hydrogen-bond acceptors (Lipinski definition) is 2. The first-order valence-electron chi connectivity index (χ1n) is 4.78. The van der Waals surface area contributed by atoms with E-state index in [1.54, 1.807) is 0 Å². The highest BCUT2D eigenvalue weighted by Gasteiger charge is 2.39. The standard InChI is InChI=1S/C9H16N2O/c1-10-6-8-4-5-11(8)9(12)7-2-3-7/h7-8,10H,2-6H2,1H3. The molecular formula is C9H16N2O. The molecule has 2 aliphatic rings. The number of likely N-dealkylation sites (N-methyl/N-ethyl adjacent to an activating group) is 1. The van der Waals surface area contributed by atoms with E-state index in [-0.39, 0.29) is 0 Å². The van der Waals surface area contributed by atoms with Crippen molar-refractivity contribution in [2.75, 3.05) is 20.1 Å². The van der Waals surface area contributed by atoms with Gasteiger partial charge in [0.2, 0.25) is 5.91 Å². The molecular weight excluding hydrogens is 152 g/mol. The van der Waals surface area contributed by atoms with E-state index in [9.17, 15) is 4.79 Å². The minimum Gasteiger partial charge on any atom is -0.338 e. The van der Waals surface area contributed by atoms with Gasteiger partial charge in [0.1, 0.15) is 0 Å². The maximum atomic E-state index is 11.6. The number of nitrogens with zero attached hydrogens (tertiary/aromatic N) is 1. The summed E-state index contributed by atoms with van der Waals surface area (Å²) in [6, 6.07) is 0.489. The van der Waals surface area contributed by atoms with Crippen molar-refractivity contribution < 1.29 is 4.79 Å². The number of carbonyl (C=O) groups excluding carboxylic acids is 1. The van der Waals surface area contributed by atoms with Crippen molar-refractivity contribution >= 4 is 5.91 Å². The second kappa shape index (κ2) is 3.05. The zero-order valence-corrected chi connectivity index (χ0v) is 7.55. The second-order valence-electron chi connectivity index (χ2n) is 3.81. The van der Waals surface area contributed by atoms with E-state index in [1.807, 2.05) is 11.9 Å². The maximum Gasteiger partial charge on any atom is 0.225 e. The van der Waals surface area contributed by atoms with Gasteiger partial charge >= 0.3 is 0 Å². The average molecular weight is 168 g/mol. The number of rotatable bonds is 3. The van der Waals surface area contributed by atoms with Crippen LogP contribution in [0.1, 0.15) is 19.3 Å². The van der Waals surface area contributed by atoms with Crippen LogP contribution in [0.4, 0.5) is 0 Å². The zero-order chi connectivity index (χ0) is 8.55. The summed E-state index contributed by atoms with van der Waals surface area (Å²) in [5.41, 5.74) is 0. The van der Waals surface area contributed by atoms with Crippen molar-refractivity contribution in [3.8, 4) is 0 Å². The predicted molar refractivity (Wildman–Crippen MR) is 46.8 cm³/mol. The normalized spacial score (nSPS) is 28.4. The highest BCUT2D eigenvalue weighted by Crippen LogP contribution is 2.33. The number of likely N-dealkylation sites (tertiary alicyclic amines) is 1. The molecule has 1 amide bonds. The van der Waals surface area contributed by atoms with Gasteiger partial charge in [0.05, 0.1) is 0 Å². The monoisotopic (exact) mass is 168 g/mol. The Labute approximate surface area is 73.1 Å². The number of hydrogen-bond donors (Lipinski definition) is 1. The maximum absolute atomic E-state index is 11.6. The summed E-state index contributed by atoms with van der Waals surface area (Å²) in [6.07, 6.45) is 3.43. The number of nitrogens with one attached hydrogen (secondary N) is 1. The van der Waals surface area contributed by atoms with Crippen LogP contribution >= 0.6 is 0 Å². The lowest BCUT2D eigenvalue weighted by molar-refractivity contribution is -0.140. The summed E-state index contributed by atoms with van der Waals surface area (Å²) in [5.74, 6) is 0.797. The molecule has 1 N–H and O–H groups in total. The minimum absolute atomic E-state index is 0.393. The van der Waals surface area contributed by atoms with Gasteiger partial charge in [-0.2, -0.15) is 0 Å². The second-order valence-corrected chi connectivity index (χ2v) is 3.81. The Morgan fingerprint density at radius 2 is 2.25 bits per heavy atom. The topological polar surface area (TPSA) is 32.3 Å². The molecule has 3 heteroatoms. The fourth-order valence-electron chi connectivity index (χ4n) is 1.74. The van der Waals surface area contributed by atoms with Crippen LogP contribution in [0.15, 0.2) is 0 Å². The molecule has 1 aliphatic heterocycles. The van der Waals surface area contributed by atoms with Crippen molar-refractivity contribution in [1.29, 1.82) is 0 Å². The van der Waals surface area contributed by atoms with Gasteiger partial charge in [-0.1, -0.05) is 0 Å². The van der Waals surface area contributed by atoms with E-state index < -0.39 is 0 Å². The largest absolute Gasteiger partial charge is 0.338 e. The zero-order valence-electron chi connectivity index (χ0n) is 7.55. The molecule has 1 atom stereocenters. The third-order valence-electron chi connectivity index (χ3n) is 2.79. The highest BCUT2D eigenvalue weighted by atomic mass is 16.2. The van der Waals surface area contributed by atoms with Crippen molar-refractivity contribution in [2.24, 2.45) is 5.92 Å². The molecule has 0 bridgehead atoms. The minimum atomic E-state index is 0.393. The summed E-state index contributed by atoms with van der Waals surface area (Å²) in [4.78, 5) is 13.6. The van der Waals surface area contributed by atoms with Crippen LogP contribution in [0.25, 0.3) is 0 Å². The molecule has 0 spiro atoms. The molecule has 1 aliphatic carbocycles. The van der Waals surface area contributed by atoms with E-state index in [1.165, 1.54) is 6.42 Å². The fraction of sp³-hybridized carbons (Fsp3) is 0.889. The molecule has 3 nitrogen and oxygen atoms in total. The van der Waals surface area contributed by atoms with E-state index >= 15 is 0 Å². The summed E-state index contributed by atoms with van der Waals surface area (Å²) >= 11 is 0. The molecule has 2 rings (SSSR count). The Kier molecular flexibility index (Phi) is 2.05. The first-order chi connectivity index (χ1) is 5.83. The van der Waals surface area contributed by atoms with Gasteiger partial charge < -0.3 is 10.2 Å². The highest BCUT2D eigenvalue weighted by molar-refractivity contribution is 5.82. The Morgan fingerprint density at radius 1 is 1.50 bits per heavy atom. The lowest BCUT2D eigenvalue weighted by atomic mass is 10.0. The Bertz CT molecular complexity index is 189. The first kappa shape index (κ1) is 8.05. The van der Waals surface area contributed by atoms with Gasteiger partial charge in [-0.25, -0.2) is 0 Å². The molecule has 12 heavy (non-hydrogen) atoms. The van der Waals surface area contributed by atoms with E-state index in [4.69, 9.17) is 0 Å². The van der Waals surface area contributed by atoms with Crippen molar-refractivity contribution in [3.05, 3.63) is 0 Å². The molecule has 2 fully saturated rings. The van der Waals surface area contributed by atoms with Crippen LogP contribution in [-0.2, 0) is 4.79 Å². The van der Waals surface area contributed by atoms with Gasteiger partial charge in [0, 0.05) is 25.0 Å².